The molecule has 0 atom stereocenters. The lowest BCUT2D eigenvalue weighted by Crippen LogP contribution is -2.12. The van der Waals surface area contributed by atoms with Crippen molar-refractivity contribution in [1.29, 1.82) is 0 Å². The van der Waals surface area contributed by atoms with E-state index >= 15 is 0 Å². The molecule has 0 unspecified atom stereocenters. The van der Waals surface area contributed by atoms with Gasteiger partial charge in [-0.3, -0.25) is 0 Å². The summed E-state index contributed by atoms with van der Waals surface area (Å²) >= 11 is 1.70. The molecule has 1 aromatic rings. The summed E-state index contributed by atoms with van der Waals surface area (Å²) in [6.07, 6.45) is 6.68. The van der Waals surface area contributed by atoms with E-state index in [9.17, 15) is 0 Å². The number of rotatable bonds is 4. The van der Waals surface area contributed by atoms with Crippen molar-refractivity contribution >= 4 is 17.6 Å². The van der Waals surface area contributed by atoms with Crippen molar-refractivity contribution in [2.75, 3.05) is 25.3 Å². The highest BCUT2D eigenvalue weighted by atomic mass is 32.2. The Bertz CT molecular complexity index is 350. The molecule has 1 fully saturated rings. The minimum atomic E-state index is 0.437. The van der Waals surface area contributed by atoms with Gasteiger partial charge in [-0.25, -0.2) is 4.98 Å². The lowest BCUT2D eigenvalue weighted by Gasteiger charge is -2.15. The predicted molar refractivity (Wildman–Crippen MR) is 64.0 cm³/mol. The van der Waals surface area contributed by atoms with E-state index in [-0.39, 0.29) is 0 Å². The first-order chi connectivity index (χ1) is 7.20. The molecule has 82 valence electrons. The first-order valence-electron chi connectivity index (χ1n) is 5.08. The van der Waals surface area contributed by atoms with Crippen LogP contribution in [0.1, 0.15) is 12.8 Å². The Morgan fingerprint density at radius 3 is 2.73 bits per heavy atom. The van der Waals surface area contributed by atoms with Crippen molar-refractivity contribution in [1.82, 2.24) is 4.98 Å². The van der Waals surface area contributed by atoms with Crippen molar-refractivity contribution in [3.8, 4) is 5.75 Å². The summed E-state index contributed by atoms with van der Waals surface area (Å²) in [5.74, 6) is 1.90. The van der Waals surface area contributed by atoms with Crippen LogP contribution in [-0.2, 0) is 0 Å². The van der Waals surface area contributed by atoms with Gasteiger partial charge < -0.3 is 9.64 Å². The average Bonchev–Trinajstić information content (AvgIpc) is 3.01. The van der Waals surface area contributed by atoms with E-state index < -0.39 is 0 Å². The van der Waals surface area contributed by atoms with Gasteiger partial charge in [-0.05, 0) is 25.2 Å². The minimum Gasteiger partial charge on any atom is -0.489 e. The Kier molecular flexibility index (Phi) is 3.05. The fraction of sp³-hybridized carbons (Fsp3) is 0.545. The Morgan fingerprint density at radius 1 is 1.47 bits per heavy atom. The molecule has 0 radical (unpaired) electrons. The molecule has 0 aliphatic heterocycles. The van der Waals surface area contributed by atoms with Crippen LogP contribution in [0.25, 0.3) is 0 Å². The van der Waals surface area contributed by atoms with Crippen LogP contribution in [0.4, 0.5) is 5.82 Å². The topological polar surface area (TPSA) is 25.4 Å². The number of ether oxygens (including phenoxy) is 1. The van der Waals surface area contributed by atoms with E-state index in [0.717, 1.165) is 16.5 Å². The Morgan fingerprint density at radius 2 is 2.20 bits per heavy atom. The molecular formula is C11H16N2OS. The second kappa shape index (κ2) is 4.31. The third kappa shape index (κ3) is 2.56. The number of hydrogen-bond donors (Lipinski definition) is 0. The maximum atomic E-state index is 5.71. The first-order valence-corrected chi connectivity index (χ1v) is 6.31. The van der Waals surface area contributed by atoms with Crippen molar-refractivity contribution < 1.29 is 4.74 Å². The molecule has 0 spiro atoms. The van der Waals surface area contributed by atoms with E-state index in [1.165, 1.54) is 12.8 Å². The molecule has 1 aliphatic rings. The second-order valence-electron chi connectivity index (χ2n) is 3.91. The lowest BCUT2D eigenvalue weighted by atomic mass is 10.4. The normalized spacial score (nSPS) is 15.1. The molecule has 0 amide bonds. The molecule has 0 bridgehead atoms. The smallest absolute Gasteiger partial charge is 0.142 e. The maximum Gasteiger partial charge on any atom is 0.142 e. The van der Waals surface area contributed by atoms with Crippen LogP contribution in [0.3, 0.4) is 0 Å². The lowest BCUT2D eigenvalue weighted by molar-refractivity contribution is 0.301. The van der Waals surface area contributed by atoms with Gasteiger partial charge in [0.1, 0.15) is 11.6 Å². The van der Waals surface area contributed by atoms with Gasteiger partial charge in [-0.15, -0.1) is 11.8 Å². The van der Waals surface area contributed by atoms with Crippen LogP contribution in [0.2, 0.25) is 0 Å². The molecular weight excluding hydrogens is 208 g/mol. The van der Waals surface area contributed by atoms with Gasteiger partial charge in [-0.1, -0.05) is 0 Å². The van der Waals surface area contributed by atoms with Crippen LogP contribution < -0.4 is 9.64 Å². The van der Waals surface area contributed by atoms with Crippen LogP contribution in [0.5, 0.6) is 5.75 Å². The van der Waals surface area contributed by atoms with Crippen LogP contribution >= 0.6 is 11.8 Å². The van der Waals surface area contributed by atoms with Crippen LogP contribution in [0, 0.1) is 0 Å². The van der Waals surface area contributed by atoms with Crippen LogP contribution in [-0.4, -0.2) is 31.4 Å². The number of hydrogen-bond acceptors (Lipinski definition) is 4. The van der Waals surface area contributed by atoms with Gasteiger partial charge in [-0.2, -0.15) is 0 Å². The molecule has 0 saturated heterocycles. The van der Waals surface area contributed by atoms with Crippen molar-refractivity contribution in [2.45, 2.75) is 23.8 Å². The van der Waals surface area contributed by atoms with E-state index in [0.29, 0.717) is 6.10 Å². The van der Waals surface area contributed by atoms with E-state index in [1.54, 1.807) is 11.8 Å². The van der Waals surface area contributed by atoms with Crippen molar-refractivity contribution in [3.05, 3.63) is 12.3 Å². The maximum absolute atomic E-state index is 5.71. The Hall–Kier alpha value is -0.900. The fourth-order valence-electron chi connectivity index (χ4n) is 1.35. The Labute approximate surface area is 94.8 Å². The number of thioether (sulfide) groups is 1. The standard InChI is InChI=1S/C11H16N2OS/c1-13(2)11-10(15-3)6-9(7-12-11)14-8-4-5-8/h6-8H,4-5H2,1-3H3. The highest BCUT2D eigenvalue weighted by Gasteiger charge is 2.24. The van der Waals surface area contributed by atoms with Gasteiger partial charge in [0, 0.05) is 14.1 Å². The minimum absolute atomic E-state index is 0.437. The molecule has 0 N–H and O–H groups in total. The van der Waals surface area contributed by atoms with Gasteiger partial charge in [0.2, 0.25) is 0 Å². The molecule has 1 saturated carbocycles. The SMILES string of the molecule is CSc1cc(OC2CC2)cnc1N(C)C. The first kappa shape index (κ1) is 10.6. The number of anilines is 1. The van der Waals surface area contributed by atoms with Crippen molar-refractivity contribution in [3.63, 3.8) is 0 Å². The van der Waals surface area contributed by atoms with Gasteiger partial charge >= 0.3 is 0 Å². The second-order valence-corrected chi connectivity index (χ2v) is 4.76. The summed E-state index contributed by atoms with van der Waals surface area (Å²) in [6, 6.07) is 2.07. The summed E-state index contributed by atoms with van der Waals surface area (Å²) < 4.78 is 5.71. The van der Waals surface area contributed by atoms with Crippen LogP contribution in [0.15, 0.2) is 17.2 Å². The number of nitrogens with zero attached hydrogens (tertiary/aromatic N) is 2. The molecule has 2 rings (SSSR count). The highest BCUT2D eigenvalue weighted by molar-refractivity contribution is 7.98. The summed E-state index contributed by atoms with van der Waals surface area (Å²) in [5.41, 5.74) is 0. The summed E-state index contributed by atoms with van der Waals surface area (Å²) in [5, 5.41) is 0. The van der Waals surface area contributed by atoms with Crippen molar-refractivity contribution in [2.24, 2.45) is 0 Å². The molecule has 1 aromatic heterocycles. The fourth-order valence-corrected chi connectivity index (χ4v) is 2.00. The van der Waals surface area contributed by atoms with Gasteiger partial charge in [0.15, 0.2) is 0 Å². The molecule has 4 heteroatoms. The highest BCUT2D eigenvalue weighted by Crippen LogP contribution is 2.32. The molecule has 3 nitrogen and oxygen atoms in total. The molecule has 1 aliphatic carbocycles. The molecule has 1 heterocycles. The summed E-state index contributed by atoms with van der Waals surface area (Å²) in [7, 11) is 4.01. The zero-order chi connectivity index (χ0) is 10.8. The third-order valence-electron chi connectivity index (χ3n) is 2.28. The molecule has 15 heavy (non-hydrogen) atoms. The summed E-state index contributed by atoms with van der Waals surface area (Å²) in [4.78, 5) is 7.60. The summed E-state index contributed by atoms with van der Waals surface area (Å²) in [6.45, 7) is 0. The van der Waals surface area contributed by atoms with Gasteiger partial charge in [0.25, 0.3) is 0 Å². The molecule has 0 aromatic carbocycles. The monoisotopic (exact) mass is 224 g/mol. The quantitative estimate of drug-likeness (QED) is 0.733. The Balaban J connectivity index is 2.20. The zero-order valence-electron chi connectivity index (χ0n) is 9.36. The predicted octanol–water partition coefficient (Wildman–Crippen LogP) is 2.41. The third-order valence-corrected chi connectivity index (χ3v) is 3.02. The van der Waals surface area contributed by atoms with E-state index in [1.807, 2.05) is 25.2 Å². The van der Waals surface area contributed by atoms with E-state index in [4.69, 9.17) is 4.74 Å². The largest absolute Gasteiger partial charge is 0.489 e. The average molecular weight is 224 g/mol. The number of aromatic nitrogens is 1. The van der Waals surface area contributed by atoms with Gasteiger partial charge in [0.05, 0.1) is 17.2 Å². The van der Waals surface area contributed by atoms with E-state index in [2.05, 4.69) is 17.3 Å². The zero-order valence-corrected chi connectivity index (χ0v) is 10.2. The number of pyridine rings is 1.